The van der Waals surface area contributed by atoms with Crippen molar-refractivity contribution >= 4 is 5.91 Å². The van der Waals surface area contributed by atoms with E-state index in [4.69, 9.17) is 0 Å². The van der Waals surface area contributed by atoms with E-state index in [1.54, 1.807) is 19.2 Å². The first kappa shape index (κ1) is 14.2. The van der Waals surface area contributed by atoms with E-state index < -0.39 is 6.10 Å². The van der Waals surface area contributed by atoms with Gasteiger partial charge in [-0.15, -0.1) is 0 Å². The lowest BCUT2D eigenvalue weighted by molar-refractivity contribution is -0.128. The first-order valence-corrected chi connectivity index (χ1v) is 5.86. The van der Waals surface area contributed by atoms with Crippen molar-refractivity contribution in [3.63, 3.8) is 0 Å². The number of benzene rings is 1. The second kappa shape index (κ2) is 6.77. The molecule has 0 aliphatic heterocycles. The number of aliphatic hydroxyl groups excluding tert-OH is 1. The first-order valence-electron chi connectivity index (χ1n) is 5.86. The molecule has 0 saturated heterocycles. The molecule has 3 nitrogen and oxygen atoms in total. The largest absolute Gasteiger partial charge is 0.386 e. The number of likely N-dealkylation sites (N-methyl/N-ethyl adjacent to an activating group) is 1. The lowest BCUT2D eigenvalue weighted by Crippen LogP contribution is -2.38. The molecule has 0 radical (unpaired) electrons. The summed E-state index contributed by atoms with van der Waals surface area (Å²) in [6.07, 6.45) is 3.86. The minimum Gasteiger partial charge on any atom is -0.386 e. The van der Waals surface area contributed by atoms with E-state index in [-0.39, 0.29) is 11.9 Å². The Labute approximate surface area is 108 Å². The van der Waals surface area contributed by atoms with Gasteiger partial charge in [0.25, 0.3) is 0 Å². The number of rotatable bonds is 5. The van der Waals surface area contributed by atoms with Crippen molar-refractivity contribution in [1.82, 2.24) is 4.90 Å². The van der Waals surface area contributed by atoms with Crippen LogP contribution in [0.3, 0.4) is 0 Å². The van der Waals surface area contributed by atoms with Crippen molar-refractivity contribution in [2.24, 2.45) is 0 Å². The summed E-state index contributed by atoms with van der Waals surface area (Å²) in [5.41, 5.74) is 0.803. The van der Waals surface area contributed by atoms with E-state index in [0.29, 0.717) is 0 Å². The lowest BCUT2D eigenvalue weighted by Gasteiger charge is -2.28. The topological polar surface area (TPSA) is 40.5 Å². The SMILES string of the molecule is C=C/C=C/C(=O)N(C)[C@@H](C)[C@@H](O)c1ccccc1. The number of carbonyl (C=O) groups is 1. The number of carbonyl (C=O) groups excluding carboxylic acids is 1. The maximum atomic E-state index is 11.8. The molecule has 0 aliphatic rings. The van der Waals surface area contributed by atoms with Gasteiger partial charge in [-0.05, 0) is 12.5 Å². The summed E-state index contributed by atoms with van der Waals surface area (Å²) in [6, 6.07) is 9.02. The Morgan fingerprint density at radius 3 is 2.56 bits per heavy atom. The van der Waals surface area contributed by atoms with E-state index >= 15 is 0 Å². The zero-order chi connectivity index (χ0) is 13.5. The molecule has 96 valence electrons. The summed E-state index contributed by atoms with van der Waals surface area (Å²) >= 11 is 0. The van der Waals surface area contributed by atoms with E-state index in [0.717, 1.165) is 5.56 Å². The average molecular weight is 245 g/mol. The third kappa shape index (κ3) is 3.57. The van der Waals surface area contributed by atoms with Crippen molar-refractivity contribution in [2.75, 3.05) is 7.05 Å². The van der Waals surface area contributed by atoms with Crippen molar-refractivity contribution in [1.29, 1.82) is 0 Å². The third-order valence-corrected chi connectivity index (χ3v) is 2.93. The van der Waals surface area contributed by atoms with Gasteiger partial charge in [0.05, 0.1) is 12.1 Å². The number of hydrogen-bond acceptors (Lipinski definition) is 2. The Balaban J connectivity index is 2.74. The molecule has 0 heterocycles. The second-order valence-corrected chi connectivity index (χ2v) is 4.14. The lowest BCUT2D eigenvalue weighted by atomic mass is 10.0. The van der Waals surface area contributed by atoms with Gasteiger partial charge in [-0.3, -0.25) is 4.79 Å². The fraction of sp³-hybridized carbons (Fsp3) is 0.267. The number of aliphatic hydroxyl groups is 1. The van der Waals surface area contributed by atoms with Crippen LogP contribution in [0.1, 0.15) is 18.6 Å². The Morgan fingerprint density at radius 1 is 1.39 bits per heavy atom. The Kier molecular flexibility index (Phi) is 5.33. The van der Waals surface area contributed by atoms with Crippen LogP contribution in [0.25, 0.3) is 0 Å². The van der Waals surface area contributed by atoms with Gasteiger partial charge in [-0.2, -0.15) is 0 Å². The molecular formula is C15H19NO2. The summed E-state index contributed by atoms with van der Waals surface area (Å²) in [5.74, 6) is -0.155. The quantitative estimate of drug-likeness (QED) is 0.639. The molecule has 1 aromatic rings. The second-order valence-electron chi connectivity index (χ2n) is 4.14. The van der Waals surface area contributed by atoms with Gasteiger partial charge in [0.15, 0.2) is 0 Å². The van der Waals surface area contributed by atoms with Crippen LogP contribution >= 0.6 is 0 Å². The third-order valence-electron chi connectivity index (χ3n) is 2.93. The first-order chi connectivity index (χ1) is 8.57. The predicted octanol–water partition coefficient (Wildman–Crippen LogP) is 2.31. The molecule has 0 saturated carbocycles. The van der Waals surface area contributed by atoms with Gasteiger partial charge in [0.2, 0.25) is 5.91 Å². The van der Waals surface area contributed by atoms with Crippen LogP contribution in [0.2, 0.25) is 0 Å². The molecule has 2 atom stereocenters. The van der Waals surface area contributed by atoms with Gasteiger partial charge in [-0.1, -0.05) is 49.1 Å². The van der Waals surface area contributed by atoms with Crippen molar-refractivity contribution < 1.29 is 9.90 Å². The normalized spacial score (nSPS) is 14.2. The highest BCUT2D eigenvalue weighted by Gasteiger charge is 2.22. The van der Waals surface area contributed by atoms with Gasteiger partial charge >= 0.3 is 0 Å². The minimum atomic E-state index is -0.697. The van der Waals surface area contributed by atoms with Crippen LogP contribution in [0, 0.1) is 0 Å². The number of allylic oxidation sites excluding steroid dienone is 2. The Morgan fingerprint density at radius 2 is 2.00 bits per heavy atom. The van der Waals surface area contributed by atoms with Crippen LogP contribution in [0.5, 0.6) is 0 Å². The maximum Gasteiger partial charge on any atom is 0.246 e. The predicted molar refractivity (Wildman–Crippen MR) is 73.0 cm³/mol. The van der Waals surface area contributed by atoms with Crippen LogP contribution in [0.4, 0.5) is 0 Å². The highest BCUT2D eigenvalue weighted by atomic mass is 16.3. The molecule has 1 N–H and O–H groups in total. The molecule has 3 heteroatoms. The standard InChI is InChI=1S/C15H19NO2/c1-4-5-11-14(17)16(3)12(2)15(18)13-9-7-6-8-10-13/h4-12,15,18H,1H2,2-3H3/b11-5+/t12-,15+/m0/s1. The molecule has 18 heavy (non-hydrogen) atoms. The molecule has 0 fully saturated rings. The highest BCUT2D eigenvalue weighted by molar-refractivity contribution is 5.87. The van der Waals surface area contributed by atoms with Crippen LogP contribution < -0.4 is 0 Å². The zero-order valence-corrected chi connectivity index (χ0v) is 10.8. The van der Waals surface area contributed by atoms with E-state index in [1.165, 1.54) is 11.0 Å². The van der Waals surface area contributed by atoms with E-state index in [9.17, 15) is 9.90 Å². The molecule has 0 unspecified atom stereocenters. The number of amides is 1. The Bertz CT molecular complexity index is 425. The number of nitrogens with zero attached hydrogens (tertiary/aromatic N) is 1. The molecule has 0 aliphatic carbocycles. The summed E-state index contributed by atoms with van der Waals surface area (Å²) in [7, 11) is 1.67. The fourth-order valence-electron chi connectivity index (χ4n) is 1.61. The van der Waals surface area contributed by atoms with Crippen LogP contribution in [-0.2, 0) is 4.79 Å². The summed E-state index contributed by atoms with van der Waals surface area (Å²) in [6.45, 7) is 5.33. The average Bonchev–Trinajstić information content (AvgIpc) is 2.43. The number of hydrogen-bond donors (Lipinski definition) is 1. The molecule has 1 amide bonds. The molecular weight excluding hydrogens is 226 g/mol. The van der Waals surface area contributed by atoms with Crippen LogP contribution in [0.15, 0.2) is 55.1 Å². The molecule has 1 aromatic carbocycles. The fourth-order valence-corrected chi connectivity index (χ4v) is 1.61. The van der Waals surface area contributed by atoms with E-state index in [1.807, 2.05) is 37.3 Å². The summed E-state index contributed by atoms with van der Waals surface area (Å²) in [4.78, 5) is 13.3. The summed E-state index contributed by atoms with van der Waals surface area (Å²) < 4.78 is 0. The summed E-state index contributed by atoms with van der Waals surface area (Å²) in [5, 5.41) is 10.2. The molecule has 0 aromatic heterocycles. The highest BCUT2D eigenvalue weighted by Crippen LogP contribution is 2.19. The van der Waals surface area contributed by atoms with Crippen LogP contribution in [-0.4, -0.2) is 29.0 Å². The molecule has 1 rings (SSSR count). The molecule has 0 bridgehead atoms. The minimum absolute atomic E-state index is 0.155. The monoisotopic (exact) mass is 245 g/mol. The smallest absolute Gasteiger partial charge is 0.246 e. The zero-order valence-electron chi connectivity index (χ0n) is 10.8. The van der Waals surface area contributed by atoms with Gasteiger partial charge in [0.1, 0.15) is 0 Å². The van der Waals surface area contributed by atoms with E-state index in [2.05, 4.69) is 6.58 Å². The van der Waals surface area contributed by atoms with Gasteiger partial charge < -0.3 is 10.0 Å². The van der Waals surface area contributed by atoms with Crippen molar-refractivity contribution in [3.05, 3.63) is 60.7 Å². The Hall–Kier alpha value is -1.87. The van der Waals surface area contributed by atoms with Gasteiger partial charge in [-0.25, -0.2) is 0 Å². The van der Waals surface area contributed by atoms with Crippen molar-refractivity contribution in [3.8, 4) is 0 Å². The van der Waals surface area contributed by atoms with Gasteiger partial charge in [0, 0.05) is 13.1 Å². The molecule has 0 spiro atoms. The maximum absolute atomic E-state index is 11.8. The van der Waals surface area contributed by atoms with Crippen molar-refractivity contribution in [2.45, 2.75) is 19.1 Å².